The number of likely N-dealkylation sites (tertiary alicyclic amines) is 1. The Labute approximate surface area is 142 Å². The van der Waals surface area contributed by atoms with Gasteiger partial charge >= 0.3 is 0 Å². The summed E-state index contributed by atoms with van der Waals surface area (Å²) in [5, 5.41) is 0.860. The molecule has 0 bridgehead atoms. The maximum absolute atomic E-state index is 12.9. The predicted molar refractivity (Wildman–Crippen MR) is 92.9 cm³/mol. The number of halogens is 1. The molecule has 2 aromatic rings. The molecular weight excluding hydrogens is 338 g/mol. The zero-order chi connectivity index (χ0) is 15.7. The van der Waals surface area contributed by atoms with Crippen molar-refractivity contribution in [3.8, 4) is 9.88 Å². The van der Waals surface area contributed by atoms with Crippen LogP contribution in [0.2, 0.25) is 4.34 Å². The van der Waals surface area contributed by atoms with E-state index >= 15 is 0 Å². The van der Waals surface area contributed by atoms with Gasteiger partial charge in [0.05, 0.1) is 14.9 Å². The van der Waals surface area contributed by atoms with Gasteiger partial charge in [-0.05, 0) is 38.3 Å². The number of aromatic nitrogens is 1. The van der Waals surface area contributed by atoms with E-state index in [0.717, 1.165) is 50.6 Å². The van der Waals surface area contributed by atoms with Crippen molar-refractivity contribution in [2.24, 2.45) is 5.73 Å². The highest BCUT2D eigenvalue weighted by atomic mass is 35.5. The number of rotatable bonds is 3. The lowest BCUT2D eigenvalue weighted by molar-refractivity contribution is 0.0627. The number of nitrogens with zero attached hydrogens (tertiary/aromatic N) is 2. The van der Waals surface area contributed by atoms with Gasteiger partial charge in [0.1, 0.15) is 9.88 Å². The van der Waals surface area contributed by atoms with E-state index in [1.54, 1.807) is 0 Å². The third kappa shape index (κ3) is 3.06. The zero-order valence-electron chi connectivity index (χ0n) is 12.3. The molecule has 1 atom stereocenters. The fourth-order valence-electron chi connectivity index (χ4n) is 2.77. The quantitative estimate of drug-likeness (QED) is 0.911. The molecule has 1 amide bonds. The molecule has 3 rings (SSSR count). The number of thiophene rings is 1. The van der Waals surface area contributed by atoms with E-state index in [1.807, 2.05) is 24.0 Å². The third-order valence-corrected chi connectivity index (χ3v) is 6.48. The Balaban J connectivity index is 1.88. The number of hydrogen-bond donors (Lipinski definition) is 1. The van der Waals surface area contributed by atoms with Crippen LogP contribution in [0.3, 0.4) is 0 Å². The summed E-state index contributed by atoms with van der Waals surface area (Å²) >= 11 is 8.92. The van der Waals surface area contributed by atoms with Crippen molar-refractivity contribution < 1.29 is 4.79 Å². The van der Waals surface area contributed by atoms with E-state index in [-0.39, 0.29) is 11.9 Å². The summed E-state index contributed by atoms with van der Waals surface area (Å²) in [6.45, 7) is 3.21. The largest absolute Gasteiger partial charge is 0.334 e. The summed E-state index contributed by atoms with van der Waals surface area (Å²) in [6.07, 6.45) is 3.19. The molecule has 1 fully saturated rings. The number of nitrogens with two attached hydrogens (primary N) is 1. The fourth-order valence-corrected chi connectivity index (χ4v) is 4.89. The molecule has 0 radical (unpaired) electrons. The highest BCUT2D eigenvalue weighted by Crippen LogP contribution is 2.35. The van der Waals surface area contributed by atoms with Crippen LogP contribution in [0.5, 0.6) is 0 Å². The van der Waals surface area contributed by atoms with Crippen LogP contribution < -0.4 is 5.73 Å². The van der Waals surface area contributed by atoms with Gasteiger partial charge < -0.3 is 10.6 Å². The lowest BCUT2D eigenvalue weighted by Gasteiger charge is -2.34. The number of piperidine rings is 1. The number of hydrogen-bond acceptors (Lipinski definition) is 5. The highest BCUT2D eigenvalue weighted by molar-refractivity contribution is 7.24. The molecule has 4 nitrogen and oxygen atoms in total. The smallest absolute Gasteiger partial charge is 0.266 e. The van der Waals surface area contributed by atoms with Crippen LogP contribution >= 0.6 is 34.3 Å². The van der Waals surface area contributed by atoms with Crippen LogP contribution in [0.15, 0.2) is 12.1 Å². The van der Waals surface area contributed by atoms with Gasteiger partial charge in [-0.15, -0.1) is 22.7 Å². The van der Waals surface area contributed by atoms with Crippen LogP contribution in [0.25, 0.3) is 9.88 Å². The van der Waals surface area contributed by atoms with Gasteiger partial charge in [-0.1, -0.05) is 11.6 Å². The molecule has 7 heteroatoms. The maximum atomic E-state index is 12.9. The van der Waals surface area contributed by atoms with Gasteiger partial charge in [-0.3, -0.25) is 4.79 Å². The van der Waals surface area contributed by atoms with Crippen LogP contribution in [-0.2, 0) is 0 Å². The molecule has 0 spiro atoms. The van der Waals surface area contributed by atoms with Crippen LogP contribution in [0, 0.1) is 6.92 Å². The number of aryl methyl sites for hydroxylation is 1. The van der Waals surface area contributed by atoms with Crippen molar-refractivity contribution in [3.05, 3.63) is 27.0 Å². The fraction of sp³-hybridized carbons (Fsp3) is 0.467. The molecule has 118 valence electrons. The minimum Gasteiger partial charge on any atom is -0.334 e. The molecule has 1 saturated heterocycles. The third-order valence-electron chi connectivity index (χ3n) is 3.93. The number of carbonyl (C=O) groups excluding carboxylic acids is 1. The maximum Gasteiger partial charge on any atom is 0.266 e. The highest BCUT2D eigenvalue weighted by Gasteiger charge is 2.29. The first kappa shape index (κ1) is 15.9. The topological polar surface area (TPSA) is 59.2 Å². The van der Waals surface area contributed by atoms with Crippen molar-refractivity contribution in [3.63, 3.8) is 0 Å². The summed E-state index contributed by atoms with van der Waals surface area (Å²) in [5.41, 5.74) is 6.62. The Hall–Kier alpha value is -0.950. The molecular formula is C15H18ClN3OS2. The first-order valence-corrected chi connectivity index (χ1v) is 9.35. The molecule has 2 N–H and O–H groups in total. The lowest BCUT2D eigenvalue weighted by atomic mass is 10.0. The Bertz CT molecular complexity index is 682. The van der Waals surface area contributed by atoms with Crippen molar-refractivity contribution in [2.45, 2.75) is 32.2 Å². The van der Waals surface area contributed by atoms with Gasteiger partial charge in [0.25, 0.3) is 5.91 Å². The van der Waals surface area contributed by atoms with Crippen molar-refractivity contribution >= 4 is 40.2 Å². The molecule has 1 aliphatic heterocycles. The standard InChI is InChI=1S/C15H18ClN3OS2/c1-9-13(15(20)19-7-3-2-4-10(19)8-17)22-14(18-9)11-5-6-12(16)21-11/h5-6,10H,2-4,7-8,17H2,1H3. The normalized spacial score (nSPS) is 18.7. The Morgan fingerprint density at radius 2 is 2.27 bits per heavy atom. The van der Waals surface area contributed by atoms with Crippen LogP contribution in [0.1, 0.15) is 34.6 Å². The second kappa shape index (κ2) is 6.66. The molecule has 2 aromatic heterocycles. The minimum absolute atomic E-state index is 0.0686. The van der Waals surface area contributed by atoms with Gasteiger partial charge in [0, 0.05) is 19.1 Å². The predicted octanol–water partition coefficient (Wildman–Crippen LogP) is 3.79. The molecule has 0 saturated carbocycles. The number of thiazole rings is 1. The summed E-state index contributed by atoms with van der Waals surface area (Å²) in [5.74, 6) is 0.0686. The Morgan fingerprint density at radius 1 is 1.45 bits per heavy atom. The monoisotopic (exact) mass is 355 g/mol. The van der Waals surface area contributed by atoms with E-state index in [4.69, 9.17) is 17.3 Å². The summed E-state index contributed by atoms with van der Waals surface area (Å²) < 4.78 is 0.731. The van der Waals surface area contributed by atoms with E-state index in [0.29, 0.717) is 6.54 Å². The van der Waals surface area contributed by atoms with Crippen molar-refractivity contribution in [2.75, 3.05) is 13.1 Å². The van der Waals surface area contributed by atoms with Crippen molar-refractivity contribution in [1.29, 1.82) is 0 Å². The second-order valence-corrected chi connectivity index (χ2v) is 8.14. The minimum atomic E-state index is 0.0686. The van der Waals surface area contributed by atoms with Gasteiger partial charge in [0.15, 0.2) is 0 Å². The molecule has 22 heavy (non-hydrogen) atoms. The number of amides is 1. The first-order valence-electron chi connectivity index (χ1n) is 7.34. The SMILES string of the molecule is Cc1nc(-c2ccc(Cl)s2)sc1C(=O)N1CCCCC1CN. The number of carbonyl (C=O) groups is 1. The van der Waals surface area contributed by atoms with Crippen molar-refractivity contribution in [1.82, 2.24) is 9.88 Å². The molecule has 1 unspecified atom stereocenters. The van der Waals surface area contributed by atoms with Gasteiger partial charge in [-0.25, -0.2) is 4.98 Å². The van der Waals surface area contributed by atoms with E-state index < -0.39 is 0 Å². The van der Waals surface area contributed by atoms with Gasteiger partial charge in [-0.2, -0.15) is 0 Å². The first-order chi connectivity index (χ1) is 10.6. The molecule has 0 aliphatic carbocycles. The molecule has 3 heterocycles. The average Bonchev–Trinajstić information content (AvgIpc) is 3.12. The van der Waals surface area contributed by atoms with Gasteiger partial charge in [0.2, 0.25) is 0 Å². The summed E-state index contributed by atoms with van der Waals surface area (Å²) in [7, 11) is 0. The van der Waals surface area contributed by atoms with Crippen LogP contribution in [-0.4, -0.2) is 34.9 Å². The Morgan fingerprint density at radius 3 is 2.95 bits per heavy atom. The van der Waals surface area contributed by atoms with E-state index in [2.05, 4.69) is 4.98 Å². The second-order valence-electron chi connectivity index (χ2n) is 5.42. The van der Waals surface area contributed by atoms with E-state index in [9.17, 15) is 4.79 Å². The molecule has 1 aliphatic rings. The van der Waals surface area contributed by atoms with Crippen LogP contribution in [0.4, 0.5) is 0 Å². The summed E-state index contributed by atoms with van der Waals surface area (Å²) in [6, 6.07) is 3.96. The molecule has 0 aromatic carbocycles. The zero-order valence-corrected chi connectivity index (χ0v) is 14.7. The average molecular weight is 356 g/mol. The Kier molecular flexibility index (Phi) is 4.82. The summed E-state index contributed by atoms with van der Waals surface area (Å²) in [4.78, 5) is 21.1. The lowest BCUT2D eigenvalue weighted by Crippen LogP contribution is -2.47. The van der Waals surface area contributed by atoms with E-state index in [1.165, 1.54) is 22.7 Å².